The van der Waals surface area contributed by atoms with E-state index in [4.69, 9.17) is 0 Å². The Labute approximate surface area is 197 Å². The van der Waals surface area contributed by atoms with Crippen LogP contribution in [0.15, 0.2) is 54.9 Å². The second-order valence-corrected chi connectivity index (χ2v) is 8.32. The number of anilines is 2. The van der Waals surface area contributed by atoms with Gasteiger partial charge in [0, 0.05) is 23.9 Å². The third-order valence-corrected chi connectivity index (χ3v) is 5.52. The number of pyridine rings is 1. The van der Waals surface area contributed by atoms with Gasteiger partial charge in [0.25, 0.3) is 0 Å². The Balaban J connectivity index is 1.59. The van der Waals surface area contributed by atoms with Crippen molar-refractivity contribution in [3.8, 4) is 11.3 Å². The molecule has 3 heterocycles. The number of benzene rings is 1. The van der Waals surface area contributed by atoms with E-state index in [2.05, 4.69) is 30.7 Å². The Bertz CT molecular complexity index is 1210. The highest BCUT2D eigenvalue weighted by Gasteiger charge is 2.21. The van der Waals surface area contributed by atoms with Gasteiger partial charge >= 0.3 is 0 Å². The number of nitrogens with one attached hydrogen (secondary N) is 2. The van der Waals surface area contributed by atoms with Crippen LogP contribution in [0.1, 0.15) is 30.9 Å². The molecular weight excluding hydrogens is 434 g/mol. The Hall–Kier alpha value is -3.60. The predicted octanol–water partition coefficient (Wildman–Crippen LogP) is 2.05. The molecule has 10 nitrogen and oxygen atoms in total. The summed E-state index contributed by atoms with van der Waals surface area (Å²) in [4.78, 5) is 13.6. The van der Waals surface area contributed by atoms with E-state index in [1.807, 2.05) is 62.5 Å². The summed E-state index contributed by atoms with van der Waals surface area (Å²) < 4.78 is 1.63. The molecule has 0 unspecified atom stereocenters. The van der Waals surface area contributed by atoms with Gasteiger partial charge in [-0.05, 0) is 17.5 Å². The largest absolute Gasteiger partial charge is 0.394 e. The summed E-state index contributed by atoms with van der Waals surface area (Å²) in [5.41, 5.74) is 4.46. The maximum absolute atomic E-state index is 9.95. The van der Waals surface area contributed by atoms with Crippen LogP contribution in [-0.4, -0.2) is 65.2 Å². The average Bonchev–Trinajstić information content (AvgIpc) is 3.30. The molecule has 4 aromatic rings. The molecule has 5 N–H and O–H groups in total. The molecule has 34 heavy (non-hydrogen) atoms. The van der Waals surface area contributed by atoms with Crippen molar-refractivity contribution in [1.82, 2.24) is 24.6 Å². The van der Waals surface area contributed by atoms with Crippen LogP contribution in [-0.2, 0) is 6.54 Å². The number of hydrogen-bond donors (Lipinski definition) is 5. The third-order valence-electron chi connectivity index (χ3n) is 5.52. The summed E-state index contributed by atoms with van der Waals surface area (Å²) in [5, 5.41) is 39.5. The van der Waals surface area contributed by atoms with E-state index in [9.17, 15) is 15.3 Å². The fourth-order valence-electron chi connectivity index (χ4n) is 3.53. The van der Waals surface area contributed by atoms with Crippen LogP contribution in [0.4, 0.5) is 11.9 Å². The summed E-state index contributed by atoms with van der Waals surface area (Å²) in [6, 6.07) is 13.1. The number of aromatic nitrogens is 5. The number of aliphatic hydroxyl groups is 3. The van der Waals surface area contributed by atoms with Crippen LogP contribution >= 0.6 is 0 Å². The van der Waals surface area contributed by atoms with Gasteiger partial charge in [0.05, 0.1) is 37.3 Å². The lowest BCUT2D eigenvalue weighted by Crippen LogP contribution is -2.39. The first-order valence-electron chi connectivity index (χ1n) is 11.2. The zero-order valence-electron chi connectivity index (χ0n) is 19.1. The number of hydrogen-bond acceptors (Lipinski definition) is 9. The van der Waals surface area contributed by atoms with Crippen LogP contribution < -0.4 is 10.6 Å². The summed E-state index contributed by atoms with van der Waals surface area (Å²) >= 11 is 0. The number of rotatable bonds is 10. The lowest BCUT2D eigenvalue weighted by atomic mass is 10.1. The third kappa shape index (κ3) is 5.14. The molecule has 2 atom stereocenters. The molecule has 0 spiro atoms. The maximum atomic E-state index is 9.95. The van der Waals surface area contributed by atoms with E-state index >= 15 is 0 Å². The molecule has 0 saturated heterocycles. The first-order valence-corrected chi connectivity index (χ1v) is 11.2. The molecular formula is C24H29N7O3. The van der Waals surface area contributed by atoms with Crippen molar-refractivity contribution in [2.45, 2.75) is 38.5 Å². The average molecular weight is 464 g/mol. The first-order chi connectivity index (χ1) is 16.5. The molecule has 1 aromatic carbocycles. The Morgan fingerprint density at radius 3 is 2.41 bits per heavy atom. The Morgan fingerprint density at radius 2 is 1.76 bits per heavy atom. The molecule has 178 valence electrons. The zero-order valence-corrected chi connectivity index (χ0v) is 19.1. The second kappa shape index (κ2) is 10.6. The van der Waals surface area contributed by atoms with E-state index in [0.29, 0.717) is 18.1 Å². The Kier molecular flexibility index (Phi) is 7.31. The van der Waals surface area contributed by atoms with Gasteiger partial charge in [-0.3, -0.25) is 4.98 Å². The number of fused-ring (bicyclic) bond motifs is 1. The molecule has 0 bridgehead atoms. The summed E-state index contributed by atoms with van der Waals surface area (Å²) in [7, 11) is 0. The van der Waals surface area contributed by atoms with Crippen molar-refractivity contribution in [3.63, 3.8) is 0 Å². The molecule has 0 aliphatic carbocycles. The SMILES string of the molecule is CC(C)c1cnn2c(NCc3ccc(-c4ccccc4)nc3)nc(N[C@@H](CO)[C@H](O)CO)nc12. The normalized spacial score (nSPS) is 13.2. The van der Waals surface area contributed by atoms with Crippen molar-refractivity contribution in [2.24, 2.45) is 0 Å². The van der Waals surface area contributed by atoms with Crippen molar-refractivity contribution in [2.75, 3.05) is 23.8 Å². The van der Waals surface area contributed by atoms with Gasteiger partial charge in [0.1, 0.15) is 0 Å². The zero-order chi connectivity index (χ0) is 24.1. The van der Waals surface area contributed by atoms with Crippen LogP contribution in [0.5, 0.6) is 0 Å². The molecule has 0 aliphatic rings. The molecule has 0 radical (unpaired) electrons. The van der Waals surface area contributed by atoms with Crippen molar-refractivity contribution in [3.05, 3.63) is 66.0 Å². The van der Waals surface area contributed by atoms with E-state index in [-0.39, 0.29) is 11.9 Å². The van der Waals surface area contributed by atoms with Crippen molar-refractivity contribution in [1.29, 1.82) is 0 Å². The van der Waals surface area contributed by atoms with Gasteiger partial charge in [0.2, 0.25) is 11.9 Å². The maximum Gasteiger partial charge on any atom is 0.229 e. The van der Waals surface area contributed by atoms with Gasteiger partial charge in [0.15, 0.2) is 5.65 Å². The fourth-order valence-corrected chi connectivity index (χ4v) is 3.53. The predicted molar refractivity (Wildman–Crippen MR) is 129 cm³/mol. The minimum atomic E-state index is -1.16. The van der Waals surface area contributed by atoms with E-state index < -0.39 is 25.4 Å². The smallest absolute Gasteiger partial charge is 0.229 e. The molecule has 0 fully saturated rings. The second-order valence-electron chi connectivity index (χ2n) is 8.32. The first kappa shape index (κ1) is 23.6. The summed E-state index contributed by atoms with van der Waals surface area (Å²) in [6.07, 6.45) is 2.41. The molecule has 4 rings (SSSR count). The van der Waals surface area contributed by atoms with E-state index in [1.54, 1.807) is 10.7 Å². The molecule has 0 amide bonds. The van der Waals surface area contributed by atoms with Crippen LogP contribution in [0.2, 0.25) is 0 Å². The summed E-state index contributed by atoms with van der Waals surface area (Å²) in [6.45, 7) is 3.65. The van der Waals surface area contributed by atoms with E-state index in [0.717, 1.165) is 22.4 Å². The van der Waals surface area contributed by atoms with Crippen molar-refractivity contribution >= 4 is 17.5 Å². The summed E-state index contributed by atoms with van der Waals surface area (Å²) in [5.74, 6) is 0.836. The lowest BCUT2D eigenvalue weighted by Gasteiger charge is -2.21. The van der Waals surface area contributed by atoms with Gasteiger partial charge < -0.3 is 26.0 Å². The Morgan fingerprint density at radius 1 is 0.971 bits per heavy atom. The minimum absolute atomic E-state index is 0.180. The monoisotopic (exact) mass is 463 g/mol. The lowest BCUT2D eigenvalue weighted by molar-refractivity contribution is 0.0610. The van der Waals surface area contributed by atoms with E-state index in [1.165, 1.54) is 0 Å². The van der Waals surface area contributed by atoms with Crippen LogP contribution in [0.3, 0.4) is 0 Å². The topological polar surface area (TPSA) is 141 Å². The molecule has 10 heteroatoms. The highest BCUT2D eigenvalue weighted by atomic mass is 16.3. The van der Waals surface area contributed by atoms with Gasteiger partial charge in [-0.2, -0.15) is 19.6 Å². The number of aliphatic hydroxyl groups excluding tert-OH is 3. The van der Waals surface area contributed by atoms with Gasteiger partial charge in [-0.25, -0.2) is 0 Å². The molecule has 0 saturated carbocycles. The highest BCUT2D eigenvalue weighted by Crippen LogP contribution is 2.23. The standard InChI is InChI=1S/C24H29N7O3/c1-15(2)18-12-27-31-22(18)29-23(28-20(13-32)21(34)14-33)30-24(31)26-11-16-8-9-19(25-10-16)17-6-4-3-5-7-17/h3-10,12,15,20-21,32-34H,11,13-14H2,1-2H3,(H2,26,28,29,30)/t20-,21+/m0/s1. The van der Waals surface area contributed by atoms with Crippen LogP contribution in [0.25, 0.3) is 16.9 Å². The molecule has 0 aliphatic heterocycles. The minimum Gasteiger partial charge on any atom is -0.394 e. The van der Waals surface area contributed by atoms with Crippen molar-refractivity contribution < 1.29 is 15.3 Å². The van der Waals surface area contributed by atoms with Gasteiger partial charge in [-0.1, -0.05) is 50.2 Å². The fraction of sp³-hybridized carbons (Fsp3) is 0.333. The quantitative estimate of drug-likeness (QED) is 0.239. The van der Waals surface area contributed by atoms with Gasteiger partial charge in [-0.15, -0.1) is 0 Å². The number of nitrogens with zero attached hydrogens (tertiary/aromatic N) is 5. The van der Waals surface area contributed by atoms with Crippen LogP contribution in [0, 0.1) is 0 Å². The molecule has 3 aromatic heterocycles. The highest BCUT2D eigenvalue weighted by molar-refractivity contribution is 5.59.